The van der Waals surface area contributed by atoms with Gasteiger partial charge in [0.1, 0.15) is 0 Å². The largest absolute Gasteiger partial charge is 0.459 e. The Morgan fingerprint density at radius 3 is 2.41 bits per heavy atom. The summed E-state index contributed by atoms with van der Waals surface area (Å²) in [4.78, 5) is 36.1. The number of benzene rings is 2. The smallest absolute Gasteiger partial charge is 0.338 e. The van der Waals surface area contributed by atoms with Crippen LogP contribution in [0.1, 0.15) is 36.8 Å². The molecule has 0 aliphatic rings. The molecule has 3 rings (SSSR count). The van der Waals surface area contributed by atoms with Crippen molar-refractivity contribution >= 4 is 23.3 Å². The molecule has 0 radical (unpaired) electrons. The molecule has 2 aromatic carbocycles. The molecule has 0 saturated carbocycles. The van der Waals surface area contributed by atoms with Crippen LogP contribution in [0, 0.1) is 6.92 Å². The van der Waals surface area contributed by atoms with Crippen LogP contribution in [0.4, 0.5) is 5.69 Å². The lowest BCUT2D eigenvalue weighted by Gasteiger charge is -2.07. The monoisotopic (exact) mass is 363 g/mol. The van der Waals surface area contributed by atoms with Gasteiger partial charge in [0.05, 0.1) is 11.8 Å². The first kappa shape index (κ1) is 18.1. The lowest BCUT2D eigenvalue weighted by atomic mass is 10.1. The van der Waals surface area contributed by atoms with Crippen LogP contribution < -0.4 is 5.32 Å². The van der Waals surface area contributed by atoms with E-state index in [4.69, 9.17) is 9.15 Å². The number of carbonyl (C=O) groups excluding carboxylic acids is 3. The summed E-state index contributed by atoms with van der Waals surface area (Å²) < 4.78 is 10.1. The molecule has 0 aliphatic heterocycles. The predicted octanol–water partition coefficient (Wildman–Crippen LogP) is 3.88. The number of nitrogens with one attached hydrogen (secondary N) is 1. The van der Waals surface area contributed by atoms with Gasteiger partial charge in [0.25, 0.3) is 5.91 Å². The molecule has 0 fully saturated rings. The van der Waals surface area contributed by atoms with Gasteiger partial charge in [-0.2, -0.15) is 0 Å². The maximum atomic E-state index is 12.2. The molecule has 1 aromatic heterocycles. The number of esters is 1. The van der Waals surface area contributed by atoms with Crippen LogP contribution in [-0.4, -0.2) is 24.3 Å². The maximum Gasteiger partial charge on any atom is 0.338 e. The topological polar surface area (TPSA) is 85.6 Å². The minimum absolute atomic E-state index is 0.193. The van der Waals surface area contributed by atoms with E-state index < -0.39 is 5.97 Å². The molecule has 3 aromatic rings. The second kappa shape index (κ2) is 8.14. The molecule has 0 bridgehead atoms. The zero-order valence-electron chi connectivity index (χ0n) is 14.6. The minimum Gasteiger partial charge on any atom is -0.459 e. The number of furan rings is 1. The standard InChI is InChI=1S/C21H17NO5/c1-14-4-2-5-16(12-14)21(25)27-13-18(23)15-7-9-17(10-8-15)22-20(24)19-6-3-11-26-19/h2-12H,13H2,1H3,(H,22,24). The average Bonchev–Trinajstić information content (AvgIpc) is 3.21. The van der Waals surface area contributed by atoms with Crippen molar-refractivity contribution in [3.63, 3.8) is 0 Å². The van der Waals surface area contributed by atoms with Crippen molar-refractivity contribution < 1.29 is 23.5 Å². The van der Waals surface area contributed by atoms with E-state index >= 15 is 0 Å². The second-order valence-corrected chi connectivity index (χ2v) is 5.88. The predicted molar refractivity (Wildman–Crippen MR) is 98.9 cm³/mol. The first-order valence-electron chi connectivity index (χ1n) is 8.25. The number of carbonyl (C=O) groups is 3. The molecule has 0 saturated heterocycles. The van der Waals surface area contributed by atoms with Crippen molar-refractivity contribution in [3.05, 3.63) is 89.4 Å². The average molecular weight is 363 g/mol. The number of rotatable bonds is 6. The van der Waals surface area contributed by atoms with Crippen LogP contribution >= 0.6 is 0 Å². The first-order valence-corrected chi connectivity index (χ1v) is 8.25. The lowest BCUT2D eigenvalue weighted by Crippen LogP contribution is -2.15. The van der Waals surface area contributed by atoms with Gasteiger partial charge in [-0.05, 0) is 55.5 Å². The van der Waals surface area contributed by atoms with Crippen LogP contribution in [0.2, 0.25) is 0 Å². The van der Waals surface area contributed by atoms with E-state index in [0.29, 0.717) is 16.8 Å². The SMILES string of the molecule is Cc1cccc(C(=O)OCC(=O)c2ccc(NC(=O)c3ccco3)cc2)c1. The van der Waals surface area contributed by atoms with Crippen LogP contribution in [-0.2, 0) is 4.74 Å². The first-order chi connectivity index (χ1) is 13.0. The summed E-state index contributed by atoms with van der Waals surface area (Å²) in [6, 6.07) is 16.4. The Kier molecular flexibility index (Phi) is 5.47. The van der Waals surface area contributed by atoms with Crippen LogP contribution in [0.5, 0.6) is 0 Å². The van der Waals surface area contributed by atoms with E-state index in [9.17, 15) is 14.4 Å². The molecule has 0 spiro atoms. The van der Waals surface area contributed by atoms with Crippen molar-refractivity contribution in [2.24, 2.45) is 0 Å². The molecule has 0 atom stereocenters. The van der Waals surface area contributed by atoms with E-state index in [0.717, 1.165) is 5.56 Å². The van der Waals surface area contributed by atoms with Crippen molar-refractivity contribution in [1.82, 2.24) is 0 Å². The third-order valence-electron chi connectivity index (χ3n) is 3.80. The highest BCUT2D eigenvalue weighted by molar-refractivity contribution is 6.03. The number of ketones is 1. The van der Waals surface area contributed by atoms with Crippen molar-refractivity contribution in [2.45, 2.75) is 6.92 Å². The Morgan fingerprint density at radius 1 is 0.963 bits per heavy atom. The highest BCUT2D eigenvalue weighted by Crippen LogP contribution is 2.13. The normalized spacial score (nSPS) is 10.3. The molecule has 0 aliphatic carbocycles. The number of aryl methyl sites for hydroxylation is 1. The number of hydrogen-bond acceptors (Lipinski definition) is 5. The summed E-state index contributed by atoms with van der Waals surface area (Å²) in [5.74, 6) is -1.07. The summed E-state index contributed by atoms with van der Waals surface area (Å²) in [6.07, 6.45) is 1.41. The molecule has 6 heteroatoms. The van der Waals surface area contributed by atoms with E-state index in [1.807, 2.05) is 13.0 Å². The molecule has 6 nitrogen and oxygen atoms in total. The van der Waals surface area contributed by atoms with E-state index in [1.54, 1.807) is 54.6 Å². The van der Waals surface area contributed by atoms with Crippen molar-refractivity contribution in [1.29, 1.82) is 0 Å². The number of hydrogen-bond donors (Lipinski definition) is 1. The number of Topliss-reactive ketones (excluding diaryl/α,β-unsaturated/α-hetero) is 1. The fourth-order valence-corrected chi connectivity index (χ4v) is 2.41. The number of anilines is 1. The van der Waals surface area contributed by atoms with Crippen molar-refractivity contribution in [3.8, 4) is 0 Å². The second-order valence-electron chi connectivity index (χ2n) is 5.88. The molecular formula is C21H17NO5. The van der Waals surface area contributed by atoms with Gasteiger partial charge in [-0.15, -0.1) is 0 Å². The fourth-order valence-electron chi connectivity index (χ4n) is 2.41. The number of ether oxygens (including phenoxy) is 1. The van der Waals surface area contributed by atoms with Gasteiger partial charge < -0.3 is 14.5 Å². The van der Waals surface area contributed by atoms with Gasteiger partial charge in [0.2, 0.25) is 0 Å². The number of amides is 1. The summed E-state index contributed by atoms with van der Waals surface area (Å²) in [5.41, 5.74) is 2.23. The van der Waals surface area contributed by atoms with Crippen LogP contribution in [0.3, 0.4) is 0 Å². The quantitative estimate of drug-likeness (QED) is 0.531. The van der Waals surface area contributed by atoms with Crippen LogP contribution in [0.15, 0.2) is 71.3 Å². The molecule has 1 N–H and O–H groups in total. The zero-order valence-corrected chi connectivity index (χ0v) is 14.6. The molecule has 1 heterocycles. The highest BCUT2D eigenvalue weighted by Gasteiger charge is 2.13. The molecule has 0 unspecified atom stereocenters. The van der Waals surface area contributed by atoms with Gasteiger partial charge in [-0.25, -0.2) is 4.79 Å². The molecule has 1 amide bonds. The van der Waals surface area contributed by atoms with Gasteiger partial charge in [0, 0.05) is 11.3 Å². The Morgan fingerprint density at radius 2 is 1.74 bits per heavy atom. The Hall–Kier alpha value is -3.67. The van der Waals surface area contributed by atoms with E-state index in [1.165, 1.54) is 6.26 Å². The summed E-state index contributed by atoms with van der Waals surface area (Å²) in [5, 5.41) is 2.66. The minimum atomic E-state index is -0.547. The summed E-state index contributed by atoms with van der Waals surface area (Å²) >= 11 is 0. The maximum absolute atomic E-state index is 12.2. The fraction of sp³-hybridized carbons (Fsp3) is 0.0952. The van der Waals surface area contributed by atoms with E-state index in [2.05, 4.69) is 5.32 Å². The third kappa shape index (κ3) is 4.70. The summed E-state index contributed by atoms with van der Waals surface area (Å²) in [6.45, 7) is 1.51. The summed E-state index contributed by atoms with van der Waals surface area (Å²) in [7, 11) is 0. The Bertz CT molecular complexity index is 959. The Balaban J connectivity index is 1.56. The van der Waals surface area contributed by atoms with Crippen molar-refractivity contribution in [2.75, 3.05) is 11.9 Å². The van der Waals surface area contributed by atoms with E-state index in [-0.39, 0.29) is 24.1 Å². The van der Waals surface area contributed by atoms with Crippen LogP contribution in [0.25, 0.3) is 0 Å². The zero-order chi connectivity index (χ0) is 19.2. The Labute approximate surface area is 155 Å². The molecule has 136 valence electrons. The highest BCUT2D eigenvalue weighted by atomic mass is 16.5. The van der Waals surface area contributed by atoms with Gasteiger partial charge >= 0.3 is 5.97 Å². The molecular weight excluding hydrogens is 346 g/mol. The van der Waals surface area contributed by atoms with Gasteiger partial charge in [-0.1, -0.05) is 17.7 Å². The lowest BCUT2D eigenvalue weighted by molar-refractivity contribution is 0.0474. The third-order valence-corrected chi connectivity index (χ3v) is 3.80. The van der Waals surface area contributed by atoms with Gasteiger partial charge in [-0.3, -0.25) is 9.59 Å². The van der Waals surface area contributed by atoms with Gasteiger partial charge in [0.15, 0.2) is 18.2 Å². The molecule has 27 heavy (non-hydrogen) atoms.